The number of aromatic nitrogens is 4. The summed E-state index contributed by atoms with van der Waals surface area (Å²) < 4.78 is 20.4. The predicted molar refractivity (Wildman–Crippen MR) is 123 cm³/mol. The van der Waals surface area contributed by atoms with Gasteiger partial charge in [0.25, 0.3) is 0 Å². The first kappa shape index (κ1) is 21.0. The average molecular weight is 447 g/mol. The van der Waals surface area contributed by atoms with Gasteiger partial charge in [0.1, 0.15) is 30.5 Å². The lowest BCUT2D eigenvalue weighted by atomic mass is 10.1. The van der Waals surface area contributed by atoms with Crippen molar-refractivity contribution in [2.45, 2.75) is 33.2 Å². The highest BCUT2D eigenvalue weighted by Crippen LogP contribution is 2.30. The molecule has 0 fully saturated rings. The number of imidazole rings is 1. The molecule has 0 saturated carbocycles. The number of benzene rings is 2. The van der Waals surface area contributed by atoms with Gasteiger partial charge in [0.15, 0.2) is 0 Å². The largest absolute Gasteiger partial charge is 0.496 e. The number of carbonyl (C=O) groups is 1. The van der Waals surface area contributed by atoms with Gasteiger partial charge in [0.05, 0.1) is 30.4 Å². The second-order valence-corrected chi connectivity index (χ2v) is 7.67. The van der Waals surface area contributed by atoms with Crippen LogP contribution in [0, 0.1) is 0 Å². The summed E-state index contributed by atoms with van der Waals surface area (Å²) in [6.07, 6.45) is -0.549. The number of methoxy groups -OCH3 is 1. The molecule has 170 valence electrons. The van der Waals surface area contributed by atoms with Crippen molar-refractivity contribution in [1.29, 1.82) is 0 Å². The van der Waals surface area contributed by atoms with Gasteiger partial charge in [0.2, 0.25) is 0 Å². The third-order valence-corrected chi connectivity index (χ3v) is 5.63. The Hall–Kier alpha value is -3.85. The molecule has 1 aliphatic rings. The summed E-state index contributed by atoms with van der Waals surface area (Å²) in [6, 6.07) is 15.3. The predicted octanol–water partition coefficient (Wildman–Crippen LogP) is 4.21. The monoisotopic (exact) mass is 447 g/mol. The van der Waals surface area contributed by atoms with E-state index in [1.165, 1.54) is 0 Å². The molecule has 0 atom stereocenters. The van der Waals surface area contributed by atoms with E-state index in [2.05, 4.69) is 20.0 Å². The minimum atomic E-state index is -0.549. The molecule has 9 heteroatoms. The number of fused-ring (bicyclic) bond motifs is 3. The van der Waals surface area contributed by atoms with E-state index >= 15 is 0 Å². The number of para-hydroxylation sites is 1. The van der Waals surface area contributed by atoms with E-state index in [1.54, 1.807) is 7.11 Å². The van der Waals surface area contributed by atoms with Gasteiger partial charge in [-0.05, 0) is 43.3 Å². The van der Waals surface area contributed by atoms with Gasteiger partial charge < -0.3 is 18.8 Å². The molecule has 0 saturated heterocycles. The third kappa shape index (κ3) is 4.14. The Labute approximate surface area is 190 Å². The van der Waals surface area contributed by atoms with Crippen molar-refractivity contribution < 1.29 is 19.0 Å². The first-order valence-electron chi connectivity index (χ1n) is 10.9. The maximum absolute atomic E-state index is 12.4. The van der Waals surface area contributed by atoms with Crippen LogP contribution in [0.3, 0.4) is 0 Å². The lowest BCUT2D eigenvalue weighted by molar-refractivity contribution is 0.0830. The highest BCUT2D eigenvalue weighted by molar-refractivity contribution is 5.89. The van der Waals surface area contributed by atoms with Crippen LogP contribution in [-0.2, 0) is 35.8 Å². The van der Waals surface area contributed by atoms with E-state index in [0.29, 0.717) is 31.1 Å². The second-order valence-electron chi connectivity index (χ2n) is 7.67. The number of rotatable bonds is 6. The number of hydrogen-bond donors (Lipinski definition) is 1. The van der Waals surface area contributed by atoms with E-state index in [9.17, 15) is 4.79 Å². The number of hydrogen-bond acceptors (Lipinski definition) is 6. The number of nitrogens with zero attached hydrogens (tertiary/aromatic N) is 4. The second kappa shape index (κ2) is 8.95. The van der Waals surface area contributed by atoms with Crippen LogP contribution in [0.1, 0.15) is 18.4 Å². The van der Waals surface area contributed by atoms with Crippen molar-refractivity contribution in [3.8, 4) is 17.0 Å². The summed E-state index contributed by atoms with van der Waals surface area (Å²) in [7, 11) is 1.64. The molecule has 9 nitrogen and oxygen atoms in total. The smallest absolute Gasteiger partial charge is 0.412 e. The van der Waals surface area contributed by atoms with E-state index in [-0.39, 0.29) is 6.61 Å². The van der Waals surface area contributed by atoms with Gasteiger partial charge in [-0.25, -0.2) is 9.78 Å². The van der Waals surface area contributed by atoms with Gasteiger partial charge >= 0.3 is 6.09 Å². The van der Waals surface area contributed by atoms with Crippen LogP contribution in [-0.4, -0.2) is 39.1 Å². The summed E-state index contributed by atoms with van der Waals surface area (Å²) in [5.74, 6) is 1.66. The van der Waals surface area contributed by atoms with Gasteiger partial charge in [0, 0.05) is 24.3 Å². The molecular formula is C24H25N5O4. The maximum atomic E-state index is 12.4. The van der Waals surface area contributed by atoms with E-state index in [4.69, 9.17) is 14.2 Å². The Morgan fingerprint density at radius 2 is 2.09 bits per heavy atom. The van der Waals surface area contributed by atoms with Crippen LogP contribution >= 0.6 is 0 Å². The van der Waals surface area contributed by atoms with Crippen molar-refractivity contribution in [1.82, 2.24) is 19.3 Å². The summed E-state index contributed by atoms with van der Waals surface area (Å²) in [4.78, 5) is 17.0. The Balaban J connectivity index is 1.27. The molecule has 33 heavy (non-hydrogen) atoms. The zero-order valence-electron chi connectivity index (χ0n) is 18.6. The van der Waals surface area contributed by atoms with Gasteiger partial charge in [-0.1, -0.05) is 12.1 Å². The molecule has 3 heterocycles. The minimum Gasteiger partial charge on any atom is -0.496 e. The van der Waals surface area contributed by atoms with Crippen LogP contribution in [0.5, 0.6) is 5.75 Å². The van der Waals surface area contributed by atoms with Crippen molar-refractivity contribution in [2.75, 3.05) is 19.0 Å². The van der Waals surface area contributed by atoms with E-state index in [1.807, 2.05) is 60.1 Å². The summed E-state index contributed by atoms with van der Waals surface area (Å²) in [6.45, 7) is 4.71. The van der Waals surface area contributed by atoms with Gasteiger partial charge in [-0.3, -0.25) is 10.00 Å². The molecule has 2 aromatic carbocycles. The fraction of sp³-hybridized carbons (Fsp3) is 0.292. The van der Waals surface area contributed by atoms with Gasteiger partial charge in [-0.15, -0.1) is 0 Å². The standard InChI is InChI=1S/C24H25N5O4/c1-3-29-21(18-6-4-5-7-22(18)31-2)13-17(27-29)14-33-24(30)25-16-8-9-20-19(12-16)26-23-15-32-11-10-28(20)23/h4-9,12-13H,3,10-11,14-15H2,1-2H3,(H,25,30). The van der Waals surface area contributed by atoms with Crippen molar-refractivity contribution in [3.63, 3.8) is 0 Å². The number of nitrogens with one attached hydrogen (secondary N) is 1. The normalized spacial score (nSPS) is 13.0. The number of carbonyl (C=O) groups excluding carboxylic acids is 1. The Morgan fingerprint density at radius 3 is 2.94 bits per heavy atom. The summed E-state index contributed by atoms with van der Waals surface area (Å²) in [5, 5.41) is 7.34. The van der Waals surface area contributed by atoms with Crippen LogP contribution in [0.2, 0.25) is 0 Å². The summed E-state index contributed by atoms with van der Waals surface area (Å²) >= 11 is 0. The molecule has 1 aliphatic heterocycles. The lowest BCUT2D eigenvalue weighted by Crippen LogP contribution is -2.16. The highest BCUT2D eigenvalue weighted by Gasteiger charge is 2.17. The Kier molecular flexibility index (Phi) is 5.70. The average Bonchev–Trinajstić information content (AvgIpc) is 3.43. The molecule has 4 aromatic rings. The molecule has 1 N–H and O–H groups in total. The molecule has 0 radical (unpaired) electrons. The molecule has 2 aromatic heterocycles. The number of anilines is 1. The van der Waals surface area contributed by atoms with Crippen LogP contribution in [0.25, 0.3) is 22.3 Å². The fourth-order valence-corrected chi connectivity index (χ4v) is 4.08. The molecule has 1 amide bonds. The van der Waals surface area contributed by atoms with Crippen molar-refractivity contribution in [3.05, 3.63) is 60.0 Å². The number of ether oxygens (including phenoxy) is 3. The molecule has 0 aliphatic carbocycles. The van der Waals surface area contributed by atoms with Crippen LogP contribution < -0.4 is 10.1 Å². The first-order chi connectivity index (χ1) is 16.2. The quantitative estimate of drug-likeness (QED) is 0.476. The zero-order valence-corrected chi connectivity index (χ0v) is 18.6. The van der Waals surface area contributed by atoms with Crippen molar-refractivity contribution in [2.24, 2.45) is 0 Å². The fourth-order valence-electron chi connectivity index (χ4n) is 4.08. The van der Waals surface area contributed by atoms with Gasteiger partial charge in [-0.2, -0.15) is 5.10 Å². The molecular weight excluding hydrogens is 422 g/mol. The van der Waals surface area contributed by atoms with E-state index in [0.717, 1.165) is 40.4 Å². The molecule has 0 unspecified atom stereocenters. The first-order valence-corrected chi connectivity index (χ1v) is 10.9. The topological polar surface area (TPSA) is 92.4 Å². The van der Waals surface area contributed by atoms with Crippen LogP contribution in [0.15, 0.2) is 48.5 Å². The minimum absolute atomic E-state index is 0.0549. The van der Waals surface area contributed by atoms with Crippen molar-refractivity contribution >= 4 is 22.8 Å². The maximum Gasteiger partial charge on any atom is 0.412 e. The molecule has 5 rings (SSSR count). The molecule has 0 bridgehead atoms. The SMILES string of the molecule is CCn1nc(COC(=O)Nc2ccc3c(c2)nc2n3CCOC2)cc1-c1ccccc1OC. The highest BCUT2D eigenvalue weighted by atomic mass is 16.5. The lowest BCUT2D eigenvalue weighted by Gasteiger charge is -2.14. The van der Waals surface area contributed by atoms with Crippen LogP contribution in [0.4, 0.5) is 10.5 Å². The number of aryl methyl sites for hydroxylation is 1. The Bertz CT molecular complexity index is 1310. The number of amides is 1. The summed E-state index contributed by atoms with van der Waals surface area (Å²) in [5.41, 5.74) is 4.97. The van der Waals surface area contributed by atoms with E-state index < -0.39 is 6.09 Å². The Morgan fingerprint density at radius 1 is 1.21 bits per heavy atom. The molecule has 0 spiro atoms. The third-order valence-electron chi connectivity index (χ3n) is 5.63. The zero-order chi connectivity index (χ0) is 22.8.